The first kappa shape index (κ1) is 15.3. The van der Waals surface area contributed by atoms with Crippen LogP contribution >= 0.6 is 11.8 Å². The first-order valence-electron chi connectivity index (χ1n) is 26.0. The van der Waals surface area contributed by atoms with Crippen LogP contribution in [-0.2, 0) is 42.5 Å². The van der Waals surface area contributed by atoms with E-state index in [0.29, 0.717) is 20.8 Å². The van der Waals surface area contributed by atoms with Crippen LogP contribution in [0.4, 0.5) is 17.6 Å². The molecule has 5 rings (SSSR count). The quantitative estimate of drug-likeness (QED) is 0.0822. The predicted molar refractivity (Wildman–Crippen MR) is 181 cm³/mol. The highest BCUT2D eigenvalue weighted by Crippen LogP contribution is 2.32. The Bertz CT molecular complexity index is 2900. The Balaban J connectivity index is 1.93. The number of benzene rings is 3. The summed E-state index contributed by atoms with van der Waals surface area (Å²) in [5.41, 5.74) is -14.0. The van der Waals surface area contributed by atoms with Crippen molar-refractivity contribution in [3.05, 3.63) is 117 Å². The topological polar surface area (TPSA) is 58.4 Å². The van der Waals surface area contributed by atoms with Gasteiger partial charge in [0.05, 0.1) is 22.0 Å². The Labute approximate surface area is 317 Å². The number of likely N-dealkylation sites (N-methyl/N-ethyl adjacent to an activating group) is 1. The van der Waals surface area contributed by atoms with Crippen LogP contribution in [0.15, 0.2) is 82.6 Å². The van der Waals surface area contributed by atoms with Crippen LogP contribution < -0.4 is 5.56 Å². The van der Waals surface area contributed by atoms with Crippen LogP contribution in [0.1, 0.15) is 83.0 Å². The van der Waals surface area contributed by atoms with Crippen molar-refractivity contribution in [3.8, 4) is 11.1 Å². The number of carbonyl (C=O) groups excluding carboxylic acids is 1. The minimum Gasteiger partial charge on any atom is -0.336 e. The molecule has 0 bridgehead atoms. The summed E-state index contributed by atoms with van der Waals surface area (Å²) in [4.78, 5) is 31.8. The number of nitrogens with zero attached hydrogens (tertiary/aromatic N) is 4. The molecule has 48 heavy (non-hydrogen) atoms. The molecule has 0 aliphatic heterocycles. The Morgan fingerprint density at radius 3 is 2.25 bits per heavy atom. The first-order valence-corrected chi connectivity index (χ1v) is 14.4. The van der Waals surface area contributed by atoms with Crippen LogP contribution in [0.25, 0.3) is 11.1 Å². The second-order valence-electron chi connectivity index (χ2n) is 9.46. The van der Waals surface area contributed by atoms with Gasteiger partial charge in [0.15, 0.2) is 5.16 Å². The average molecular weight is 706 g/mol. The third-order valence-electron chi connectivity index (χ3n) is 6.13. The summed E-state index contributed by atoms with van der Waals surface area (Å²) in [5.74, 6) is -6.62. The van der Waals surface area contributed by atoms with Crippen molar-refractivity contribution in [3.63, 3.8) is 0 Å². The molecule has 0 spiro atoms. The van der Waals surface area contributed by atoms with Crippen molar-refractivity contribution >= 4 is 17.7 Å². The van der Waals surface area contributed by atoms with Crippen LogP contribution in [0.2, 0.25) is 0 Å². The lowest BCUT2D eigenvalue weighted by atomic mass is 10.0. The molecule has 0 saturated heterocycles. The summed E-state index contributed by atoms with van der Waals surface area (Å²) >= 11 is -0.291. The highest BCUT2D eigenvalue weighted by Gasteiger charge is 2.30. The van der Waals surface area contributed by atoms with Gasteiger partial charge in [0.2, 0.25) is 5.91 Å². The fourth-order valence-electron chi connectivity index (χ4n) is 3.86. The van der Waals surface area contributed by atoms with Gasteiger partial charge >= 0.3 is 6.18 Å². The number of rotatable bonds is 13. The van der Waals surface area contributed by atoms with E-state index >= 15 is 4.79 Å². The summed E-state index contributed by atoms with van der Waals surface area (Å²) in [6.45, 7) is -20.1. The van der Waals surface area contributed by atoms with E-state index in [0.717, 1.165) is 24.3 Å². The monoisotopic (exact) mass is 705 g/mol. The van der Waals surface area contributed by atoms with Gasteiger partial charge in [-0.15, -0.1) is 0 Å². The molecule has 0 N–H and O–H groups in total. The summed E-state index contributed by atoms with van der Waals surface area (Å²) in [6.07, 6.45) is -12.6. The fourth-order valence-corrected chi connectivity index (χ4v) is 4.56. The summed E-state index contributed by atoms with van der Waals surface area (Å²) in [6, 6.07) is -9.00. The minimum absolute atomic E-state index is 0.241. The second-order valence-corrected chi connectivity index (χ2v) is 10.2. The van der Waals surface area contributed by atoms with Crippen LogP contribution in [-0.4, -0.2) is 51.2 Å². The van der Waals surface area contributed by atoms with Crippen molar-refractivity contribution in [1.82, 2.24) is 19.4 Å². The van der Waals surface area contributed by atoms with Crippen molar-refractivity contribution in [2.24, 2.45) is 5.89 Å². The maximum atomic E-state index is 15.4. The number of alkyl halides is 3. The van der Waals surface area contributed by atoms with E-state index < -0.39 is 189 Å². The molecule has 0 saturated carbocycles. The molecule has 1 aliphatic carbocycles. The second kappa shape index (κ2) is 15.5. The number of fused-ring (bicyclic) bond motifs is 1. The molecule has 3 aromatic carbocycles. The predicted octanol–water partition coefficient (Wildman–Crippen LogP) is 7.47. The maximum Gasteiger partial charge on any atom is 0.416 e. The standard InChI is InChI=1S/C37H40F4N4O2S/c1-4-43(5-2)18-19-44(22-26-6-10-28(11-7-26)29-12-14-30(15-13-29)37(39,40)41)34(46)23-45-33-21-25(3)20-32(33)35(47)42-36(45)48-24-27-8-16-31(38)17-9-27/h6-17,25H,4-5,18-24H2,1-3H3/i4D2,5D2,6D,7D,10D,11D,12D,13D,14D,15D,18D2,19D2,20D2,21D2,23D2,24D2,25D. The summed E-state index contributed by atoms with van der Waals surface area (Å²) in [5, 5.41) is -1.38. The van der Waals surface area contributed by atoms with Gasteiger partial charge in [0.25, 0.3) is 5.56 Å². The van der Waals surface area contributed by atoms with E-state index in [1.807, 2.05) is 0 Å². The van der Waals surface area contributed by atoms with E-state index in [9.17, 15) is 27.8 Å². The summed E-state index contributed by atoms with van der Waals surface area (Å²) < 4.78 is 274. The first-order chi connectivity index (χ1) is 32.5. The smallest absolute Gasteiger partial charge is 0.336 e. The molecule has 1 heterocycles. The van der Waals surface area contributed by atoms with Gasteiger partial charge in [0, 0.05) is 54.3 Å². The zero-order valence-electron chi connectivity index (χ0n) is 50.0. The molecule has 1 aromatic heterocycles. The molecule has 0 radical (unpaired) electrons. The van der Waals surface area contributed by atoms with E-state index in [-0.39, 0.29) is 16.3 Å². The lowest BCUT2D eigenvalue weighted by Gasteiger charge is -2.28. The molecule has 0 fully saturated rings. The zero-order chi connectivity index (χ0) is 56.7. The molecule has 6 nitrogen and oxygen atoms in total. The van der Waals surface area contributed by atoms with Gasteiger partial charge in [-0.2, -0.15) is 18.2 Å². The third kappa shape index (κ3) is 8.73. The number of amides is 1. The third-order valence-corrected chi connectivity index (χ3v) is 6.93. The van der Waals surface area contributed by atoms with Gasteiger partial charge < -0.3 is 14.4 Å². The Kier molecular flexibility index (Phi) is 4.94. The lowest BCUT2D eigenvalue weighted by molar-refractivity contribution is -0.137. The fraction of sp³-hybridized carbons (Fsp3) is 0.378. The van der Waals surface area contributed by atoms with Crippen molar-refractivity contribution in [2.75, 3.05) is 26.0 Å². The van der Waals surface area contributed by atoms with Gasteiger partial charge in [-0.25, -0.2) is 4.39 Å². The van der Waals surface area contributed by atoms with E-state index in [1.165, 1.54) is 0 Å². The number of aromatic nitrogens is 2. The Morgan fingerprint density at radius 1 is 1.02 bits per heavy atom. The number of hydrogen-bond acceptors (Lipinski definition) is 5. The molecule has 1 unspecified atom stereocenters. The maximum absolute atomic E-state index is 15.4. The largest absolute Gasteiger partial charge is 0.416 e. The van der Waals surface area contributed by atoms with Gasteiger partial charge in [-0.05, 0) is 78.1 Å². The van der Waals surface area contributed by atoms with Crippen LogP contribution in [0.5, 0.6) is 0 Å². The van der Waals surface area contributed by atoms with Crippen LogP contribution in [0, 0.1) is 11.7 Å². The van der Waals surface area contributed by atoms with E-state index in [4.69, 9.17) is 28.8 Å². The molecule has 1 atom stereocenters. The van der Waals surface area contributed by atoms with E-state index in [1.54, 1.807) is 0 Å². The Hall–Kier alpha value is -3.96. The highest BCUT2D eigenvalue weighted by molar-refractivity contribution is 7.98. The van der Waals surface area contributed by atoms with Gasteiger partial charge in [0.1, 0.15) is 12.3 Å². The van der Waals surface area contributed by atoms with Crippen molar-refractivity contribution in [1.29, 1.82) is 0 Å². The SMILES string of the molecule is [2H]c1c([2H])c(-c2c([2H])c([2H])c(C(F)(F)F)c([2H])c2[2H])c([2H])c([2H])c1CN(C(=O)C([2H])([2H])n1c(SC([2H])([2H])c2ccc(F)cc2)nc(=O)c2c1C([2H])([2H])C([2H])(C)C2([2H])[2H])C([2H])([2H])C([2H])([2H])N(C([2H])([2H])C)C([2H])([2H])C. The van der Waals surface area contributed by atoms with Crippen LogP contribution in [0.3, 0.4) is 0 Å². The zero-order valence-corrected chi connectivity index (χ0v) is 25.9. The highest BCUT2D eigenvalue weighted by atomic mass is 32.2. The number of thioether (sulfide) groups is 1. The minimum atomic E-state index is -5.49. The van der Waals surface area contributed by atoms with Gasteiger partial charge in [-0.3, -0.25) is 9.59 Å². The molecule has 254 valence electrons. The normalized spacial score (nSPS) is 27.4. The Morgan fingerprint density at radius 2 is 1.65 bits per heavy atom. The number of halogens is 4. The van der Waals surface area contributed by atoms with Crippen molar-refractivity contribution < 1.29 is 56.6 Å². The van der Waals surface area contributed by atoms with Crippen molar-refractivity contribution in [2.45, 2.75) is 63.6 Å². The molecule has 4 aromatic rings. The summed E-state index contributed by atoms with van der Waals surface area (Å²) in [7, 11) is 0. The molecule has 11 heteroatoms. The molecular formula is C37H40F4N4O2S. The lowest BCUT2D eigenvalue weighted by Crippen LogP contribution is -2.40. The molecule has 1 amide bonds. The van der Waals surface area contributed by atoms with Gasteiger partial charge in [-0.1, -0.05) is 80.9 Å². The molecular weight excluding hydrogens is 640 g/mol. The molecule has 1 aliphatic rings. The number of carbonyl (C=O) groups is 1. The number of hydrogen-bond donors (Lipinski definition) is 0. The average Bonchev–Trinajstić information content (AvgIpc) is 3.31. The van der Waals surface area contributed by atoms with E-state index in [2.05, 4.69) is 4.98 Å².